The van der Waals surface area contributed by atoms with Crippen LogP contribution in [-0.4, -0.2) is 11.0 Å². The summed E-state index contributed by atoms with van der Waals surface area (Å²) in [7, 11) is 0. The smallest absolute Gasteiger partial charge is 0.127 e. The average molecular weight is 257 g/mol. The number of carboxylic acids is 1. The first-order valence-corrected chi connectivity index (χ1v) is 6.20. The Morgan fingerprint density at radius 2 is 2.11 bits per heavy atom. The van der Waals surface area contributed by atoms with Crippen LogP contribution in [0.15, 0.2) is 24.3 Å². The second-order valence-electron chi connectivity index (χ2n) is 4.07. The number of thiophene rings is 1. The summed E-state index contributed by atoms with van der Waals surface area (Å²) in [6.07, 6.45) is 0. The van der Waals surface area contributed by atoms with E-state index in [9.17, 15) is 9.90 Å². The van der Waals surface area contributed by atoms with E-state index in [1.807, 2.05) is 31.2 Å². The van der Waals surface area contributed by atoms with E-state index in [4.69, 9.17) is 5.73 Å². The summed E-state index contributed by atoms with van der Waals surface area (Å²) in [5.74, 6) is -1.25. The zero-order valence-electron chi connectivity index (χ0n) is 9.56. The van der Waals surface area contributed by atoms with Gasteiger partial charge in [-0.15, -0.1) is 11.3 Å². The highest BCUT2D eigenvalue weighted by Crippen LogP contribution is 2.37. The molecular weight excluding hydrogens is 248 g/mol. The van der Waals surface area contributed by atoms with Crippen LogP contribution in [0.25, 0.3) is 21.1 Å². The quantitative estimate of drug-likeness (QED) is 0.719. The molecule has 0 radical (unpaired) electrons. The Bertz CT molecular complexity index is 792. The van der Waals surface area contributed by atoms with E-state index in [2.05, 4.69) is 4.98 Å². The number of benzene rings is 1. The van der Waals surface area contributed by atoms with Crippen molar-refractivity contribution in [1.29, 1.82) is 0 Å². The van der Waals surface area contributed by atoms with Crippen molar-refractivity contribution in [3.8, 4) is 0 Å². The van der Waals surface area contributed by atoms with Crippen LogP contribution in [0.4, 0.5) is 5.69 Å². The van der Waals surface area contributed by atoms with Gasteiger partial charge in [0.25, 0.3) is 0 Å². The molecule has 5 heteroatoms. The van der Waals surface area contributed by atoms with Gasteiger partial charge in [0.15, 0.2) is 0 Å². The molecule has 0 aliphatic heterocycles. The predicted octanol–water partition coefficient (Wildman–Crippen LogP) is 1.70. The number of anilines is 1. The van der Waals surface area contributed by atoms with Gasteiger partial charge in [0.05, 0.1) is 22.1 Å². The molecule has 3 rings (SSSR count). The van der Waals surface area contributed by atoms with Gasteiger partial charge in [-0.2, -0.15) is 0 Å². The van der Waals surface area contributed by atoms with Crippen molar-refractivity contribution in [3.05, 3.63) is 34.7 Å². The van der Waals surface area contributed by atoms with Crippen molar-refractivity contribution in [1.82, 2.24) is 4.98 Å². The lowest BCUT2D eigenvalue weighted by atomic mass is 10.1. The van der Waals surface area contributed by atoms with Crippen LogP contribution in [0.5, 0.6) is 0 Å². The highest BCUT2D eigenvalue weighted by molar-refractivity contribution is 7.21. The third kappa shape index (κ3) is 1.37. The van der Waals surface area contributed by atoms with E-state index >= 15 is 0 Å². The molecule has 0 saturated heterocycles. The Kier molecular flexibility index (Phi) is 2.24. The number of nitrogens with zero attached hydrogens (tertiary/aromatic N) is 1. The number of carboxylic acid groups (broad SMARTS) is 1. The van der Waals surface area contributed by atoms with Crippen molar-refractivity contribution in [2.75, 3.05) is 5.73 Å². The third-order valence-corrected chi connectivity index (χ3v) is 4.10. The van der Waals surface area contributed by atoms with Crippen molar-refractivity contribution in [2.45, 2.75) is 6.92 Å². The summed E-state index contributed by atoms with van der Waals surface area (Å²) in [5.41, 5.74) is 7.93. The predicted molar refractivity (Wildman–Crippen MR) is 70.6 cm³/mol. The Hall–Kier alpha value is -2.14. The summed E-state index contributed by atoms with van der Waals surface area (Å²) in [6.45, 7) is 1.93. The molecule has 0 atom stereocenters. The van der Waals surface area contributed by atoms with Crippen LogP contribution < -0.4 is 10.8 Å². The van der Waals surface area contributed by atoms with Gasteiger partial charge >= 0.3 is 0 Å². The standard InChI is InChI=1S/C13H10N2O2S/c1-6-7-4-2-3-5-8(7)15-12-9(6)10(14)11(18-12)13(16)17/h2-5H,14H2,1H3,(H,16,17)/p-1. The van der Waals surface area contributed by atoms with Crippen LogP contribution in [0.3, 0.4) is 0 Å². The molecule has 0 saturated carbocycles. The molecule has 0 bridgehead atoms. The normalized spacial score (nSPS) is 11.2. The monoisotopic (exact) mass is 257 g/mol. The first-order chi connectivity index (χ1) is 8.59. The molecular formula is C13H9N2O2S-. The molecule has 90 valence electrons. The largest absolute Gasteiger partial charge is 0.544 e. The van der Waals surface area contributed by atoms with Crippen molar-refractivity contribution in [2.24, 2.45) is 0 Å². The van der Waals surface area contributed by atoms with Crippen LogP contribution in [0, 0.1) is 6.92 Å². The van der Waals surface area contributed by atoms with Gasteiger partial charge < -0.3 is 15.6 Å². The zero-order valence-corrected chi connectivity index (χ0v) is 10.4. The number of hydrogen-bond donors (Lipinski definition) is 1. The van der Waals surface area contributed by atoms with E-state index in [0.29, 0.717) is 4.83 Å². The number of aromatic carboxylic acids is 1. The maximum atomic E-state index is 11.0. The Balaban J connectivity index is 2.53. The minimum Gasteiger partial charge on any atom is -0.544 e. The summed E-state index contributed by atoms with van der Waals surface area (Å²) in [5, 5.41) is 12.7. The van der Waals surface area contributed by atoms with E-state index in [0.717, 1.165) is 33.2 Å². The van der Waals surface area contributed by atoms with Crippen molar-refractivity contribution < 1.29 is 9.90 Å². The maximum Gasteiger partial charge on any atom is 0.127 e. The second-order valence-corrected chi connectivity index (χ2v) is 5.07. The highest BCUT2D eigenvalue weighted by atomic mass is 32.1. The van der Waals surface area contributed by atoms with Gasteiger partial charge in [0, 0.05) is 10.8 Å². The van der Waals surface area contributed by atoms with Crippen LogP contribution >= 0.6 is 11.3 Å². The number of carbonyl (C=O) groups excluding carboxylic acids is 1. The maximum absolute atomic E-state index is 11.0. The number of nitrogen functional groups attached to an aromatic ring is 1. The van der Waals surface area contributed by atoms with Gasteiger partial charge in [-0.1, -0.05) is 18.2 Å². The van der Waals surface area contributed by atoms with Gasteiger partial charge in [-0.25, -0.2) is 4.98 Å². The minimum absolute atomic E-state index is 0.0518. The fourth-order valence-corrected chi connectivity index (χ4v) is 3.15. The number of fused-ring (bicyclic) bond motifs is 2. The molecule has 1 aromatic carbocycles. The Labute approximate surface area is 107 Å². The summed E-state index contributed by atoms with van der Waals surface area (Å²) >= 11 is 1.06. The number of aryl methyl sites for hydroxylation is 1. The second kappa shape index (κ2) is 3.68. The lowest BCUT2D eigenvalue weighted by Crippen LogP contribution is -2.21. The Morgan fingerprint density at radius 1 is 1.39 bits per heavy atom. The molecule has 0 aliphatic rings. The number of hydrogen-bond acceptors (Lipinski definition) is 5. The SMILES string of the molecule is Cc1c2ccccc2nc2sc(C(=O)[O-])c(N)c12. The van der Waals surface area contributed by atoms with E-state index in [-0.39, 0.29) is 10.6 Å². The molecule has 4 nitrogen and oxygen atoms in total. The Morgan fingerprint density at radius 3 is 2.83 bits per heavy atom. The number of rotatable bonds is 1. The number of aromatic nitrogens is 1. The highest BCUT2D eigenvalue weighted by Gasteiger charge is 2.15. The van der Waals surface area contributed by atoms with Crippen LogP contribution in [-0.2, 0) is 0 Å². The molecule has 0 spiro atoms. The topological polar surface area (TPSA) is 79.0 Å². The molecule has 0 aliphatic carbocycles. The molecule has 0 amide bonds. The first kappa shape index (κ1) is 11.0. The number of pyridine rings is 1. The fourth-order valence-electron chi connectivity index (χ4n) is 2.16. The summed E-state index contributed by atoms with van der Waals surface area (Å²) in [6, 6.07) is 7.67. The van der Waals surface area contributed by atoms with Crippen molar-refractivity contribution >= 4 is 44.1 Å². The minimum atomic E-state index is -1.25. The van der Waals surface area contributed by atoms with Gasteiger partial charge in [-0.05, 0) is 18.6 Å². The lowest BCUT2D eigenvalue weighted by molar-refractivity contribution is -0.254. The van der Waals surface area contributed by atoms with Gasteiger partial charge in [0.2, 0.25) is 0 Å². The summed E-state index contributed by atoms with van der Waals surface area (Å²) in [4.78, 5) is 16.1. The number of nitrogens with two attached hydrogens (primary N) is 1. The fraction of sp³-hybridized carbons (Fsp3) is 0.0769. The zero-order chi connectivity index (χ0) is 12.9. The molecule has 0 unspecified atom stereocenters. The van der Waals surface area contributed by atoms with E-state index < -0.39 is 5.97 Å². The molecule has 2 aromatic heterocycles. The molecule has 2 N–H and O–H groups in total. The molecule has 18 heavy (non-hydrogen) atoms. The molecule has 2 heterocycles. The number of carbonyl (C=O) groups is 1. The summed E-state index contributed by atoms with van der Waals surface area (Å²) < 4.78 is 0. The number of para-hydroxylation sites is 1. The average Bonchev–Trinajstić information content (AvgIpc) is 2.67. The van der Waals surface area contributed by atoms with E-state index in [1.54, 1.807) is 0 Å². The molecule has 3 aromatic rings. The lowest BCUT2D eigenvalue weighted by Gasteiger charge is -2.04. The van der Waals surface area contributed by atoms with Crippen LogP contribution in [0.1, 0.15) is 15.2 Å². The van der Waals surface area contributed by atoms with Gasteiger partial charge in [0.1, 0.15) is 4.83 Å². The third-order valence-electron chi connectivity index (χ3n) is 3.02. The van der Waals surface area contributed by atoms with Crippen molar-refractivity contribution in [3.63, 3.8) is 0 Å². The van der Waals surface area contributed by atoms with Gasteiger partial charge in [-0.3, -0.25) is 0 Å². The molecule has 0 fully saturated rings. The van der Waals surface area contributed by atoms with Crippen LogP contribution in [0.2, 0.25) is 0 Å². The first-order valence-electron chi connectivity index (χ1n) is 5.38. The van der Waals surface area contributed by atoms with E-state index in [1.165, 1.54) is 0 Å².